The van der Waals surface area contributed by atoms with Crippen LogP contribution in [-0.2, 0) is 15.0 Å². The molecule has 0 fully saturated rings. The fourth-order valence-electron chi connectivity index (χ4n) is 4.49. The van der Waals surface area contributed by atoms with Gasteiger partial charge >= 0.3 is 11.9 Å². The Balaban J connectivity index is 2.01. The van der Waals surface area contributed by atoms with Gasteiger partial charge in [0.25, 0.3) is 0 Å². The summed E-state index contributed by atoms with van der Waals surface area (Å²) < 4.78 is 5.43. The predicted octanol–water partition coefficient (Wildman–Crippen LogP) is 3.09. The number of imidazole rings is 1. The van der Waals surface area contributed by atoms with Gasteiger partial charge in [0.1, 0.15) is 23.2 Å². The van der Waals surface area contributed by atoms with Crippen LogP contribution >= 0.6 is 0 Å². The van der Waals surface area contributed by atoms with Gasteiger partial charge in [-0.2, -0.15) is 5.26 Å². The summed E-state index contributed by atoms with van der Waals surface area (Å²) in [5.41, 5.74) is 5.62. The van der Waals surface area contributed by atoms with Gasteiger partial charge in [-0.15, -0.1) is 0 Å². The number of para-hydroxylation sites is 1. The first kappa shape index (κ1) is 25.0. The number of hydrogen-bond donors (Lipinski definition) is 6. The van der Waals surface area contributed by atoms with E-state index in [1.165, 1.54) is 13.2 Å². The average Bonchev–Trinajstić information content (AvgIpc) is 3.31. The molecule has 0 saturated carbocycles. The Morgan fingerprint density at radius 3 is 2.65 bits per heavy atom. The number of carbonyl (C=O) groups is 2. The molecule has 2 atom stereocenters. The molecule has 0 spiro atoms. The van der Waals surface area contributed by atoms with E-state index in [1.807, 2.05) is 0 Å². The van der Waals surface area contributed by atoms with E-state index in [1.54, 1.807) is 42.5 Å². The number of allylic oxidation sites excluding steroid dienone is 2. The average molecular weight is 501 g/mol. The molecule has 0 radical (unpaired) electrons. The highest BCUT2D eigenvalue weighted by atomic mass is 16.5. The second-order valence-electron chi connectivity index (χ2n) is 8.56. The van der Waals surface area contributed by atoms with Crippen LogP contribution in [-0.4, -0.2) is 50.2 Å². The van der Waals surface area contributed by atoms with Crippen LogP contribution in [0.4, 0.5) is 0 Å². The number of amidine groups is 1. The number of nitriles is 1. The number of methoxy groups -OCH3 is 1. The zero-order valence-corrected chi connectivity index (χ0v) is 19.6. The summed E-state index contributed by atoms with van der Waals surface area (Å²) in [6.07, 6.45) is 0.423. The van der Waals surface area contributed by atoms with E-state index in [-0.39, 0.29) is 29.2 Å². The third-order valence-electron chi connectivity index (χ3n) is 6.34. The van der Waals surface area contributed by atoms with Crippen LogP contribution < -0.4 is 10.5 Å². The number of aliphatic hydroxyl groups excluding tert-OH is 1. The van der Waals surface area contributed by atoms with Crippen molar-refractivity contribution < 1.29 is 29.6 Å². The summed E-state index contributed by atoms with van der Waals surface area (Å²) in [4.78, 5) is 31.1. The number of carboxylic acid groups (broad SMARTS) is 2. The minimum Gasteiger partial charge on any atom is -0.509 e. The Morgan fingerprint density at radius 1 is 1.30 bits per heavy atom. The highest BCUT2D eigenvalue weighted by Gasteiger charge is 2.46. The number of aliphatic hydroxyl groups is 1. The zero-order chi connectivity index (χ0) is 26.9. The number of nitrogens with one attached hydrogen (secondary N) is 2. The van der Waals surface area contributed by atoms with E-state index in [0.717, 1.165) is 0 Å². The second kappa shape index (κ2) is 9.50. The van der Waals surface area contributed by atoms with Crippen LogP contribution in [0.2, 0.25) is 0 Å². The summed E-state index contributed by atoms with van der Waals surface area (Å²) in [5.74, 6) is -4.37. The van der Waals surface area contributed by atoms with Crippen molar-refractivity contribution in [2.45, 2.75) is 18.3 Å². The Kier molecular flexibility index (Phi) is 6.42. The Hall–Kier alpha value is -5.11. The van der Waals surface area contributed by atoms with Crippen molar-refractivity contribution >= 4 is 34.4 Å². The number of ether oxygens (including phenoxy) is 1. The highest BCUT2D eigenvalue weighted by molar-refractivity contribution is 5.98. The second-order valence-corrected chi connectivity index (χ2v) is 8.56. The minimum atomic E-state index is -1.97. The molecule has 37 heavy (non-hydrogen) atoms. The van der Waals surface area contributed by atoms with Crippen LogP contribution in [0.25, 0.3) is 16.6 Å². The standard InChI is InChI=1S/C26H23N5O6/c1-37-20-5-3-2-4-15(20)17-8-14(16(24(35)36)10-21(32)33)11-26(12-27,22(17)34)25-30-18-7-6-13(23(28)29)9-19(18)31-25/h2-7,9,11,16,34H,8,10H2,1H3,(H3,28,29)(H,30,31)(H,32,33)(H,35,36). The van der Waals surface area contributed by atoms with E-state index < -0.39 is 35.5 Å². The molecule has 1 aromatic heterocycles. The molecule has 4 rings (SSSR count). The van der Waals surface area contributed by atoms with Crippen molar-refractivity contribution in [1.29, 1.82) is 10.7 Å². The minimum absolute atomic E-state index is 0.00716. The molecular weight excluding hydrogens is 478 g/mol. The number of aliphatic carboxylic acids is 2. The summed E-state index contributed by atoms with van der Waals surface area (Å²) >= 11 is 0. The van der Waals surface area contributed by atoms with Gasteiger partial charge in [-0.05, 0) is 36.8 Å². The molecule has 2 unspecified atom stereocenters. The van der Waals surface area contributed by atoms with Gasteiger partial charge in [0.05, 0.1) is 36.6 Å². The van der Waals surface area contributed by atoms with Crippen molar-refractivity contribution in [3.8, 4) is 11.8 Å². The zero-order valence-electron chi connectivity index (χ0n) is 19.6. The molecule has 0 saturated heterocycles. The number of rotatable bonds is 8. The smallest absolute Gasteiger partial charge is 0.311 e. The highest BCUT2D eigenvalue weighted by Crippen LogP contribution is 2.47. The first-order valence-corrected chi connectivity index (χ1v) is 11.1. The molecule has 188 valence electrons. The van der Waals surface area contributed by atoms with Crippen molar-refractivity contribution in [2.75, 3.05) is 7.11 Å². The summed E-state index contributed by atoms with van der Waals surface area (Å²) in [6, 6.07) is 13.5. The molecular formula is C26H23N5O6. The van der Waals surface area contributed by atoms with E-state index in [9.17, 15) is 30.2 Å². The Labute approximate surface area is 210 Å². The van der Waals surface area contributed by atoms with Gasteiger partial charge in [-0.3, -0.25) is 15.0 Å². The van der Waals surface area contributed by atoms with E-state index in [2.05, 4.69) is 16.0 Å². The third kappa shape index (κ3) is 4.36. The molecule has 0 aliphatic heterocycles. The van der Waals surface area contributed by atoms with Gasteiger partial charge in [0, 0.05) is 16.7 Å². The lowest BCUT2D eigenvalue weighted by atomic mass is 9.72. The van der Waals surface area contributed by atoms with Crippen molar-refractivity contribution in [1.82, 2.24) is 9.97 Å². The van der Waals surface area contributed by atoms with E-state index >= 15 is 0 Å². The molecule has 2 aromatic carbocycles. The molecule has 11 nitrogen and oxygen atoms in total. The van der Waals surface area contributed by atoms with Gasteiger partial charge < -0.3 is 30.8 Å². The lowest BCUT2D eigenvalue weighted by molar-refractivity contribution is -0.146. The molecule has 11 heteroatoms. The van der Waals surface area contributed by atoms with Crippen LogP contribution in [0.3, 0.4) is 0 Å². The molecule has 1 aliphatic rings. The first-order valence-electron chi connectivity index (χ1n) is 11.1. The number of hydrogen-bond acceptors (Lipinski definition) is 7. The fraction of sp³-hybridized carbons (Fsp3) is 0.192. The number of carboxylic acids is 2. The van der Waals surface area contributed by atoms with Crippen molar-refractivity contribution in [2.24, 2.45) is 11.7 Å². The normalized spacial score (nSPS) is 18.1. The summed E-state index contributed by atoms with van der Waals surface area (Å²) in [7, 11) is 1.43. The quantitative estimate of drug-likeness (QED) is 0.152. The van der Waals surface area contributed by atoms with E-state index in [0.29, 0.717) is 27.9 Å². The van der Waals surface area contributed by atoms with Gasteiger partial charge in [0.2, 0.25) is 0 Å². The Morgan fingerprint density at radius 2 is 2.03 bits per heavy atom. The van der Waals surface area contributed by atoms with Crippen molar-refractivity contribution in [3.05, 3.63) is 76.8 Å². The SMILES string of the molecule is COc1ccccc1C1=C(O)C(C#N)(c2nc3cc(C(=N)N)ccc3[nH]2)C=C(C(CC(=O)O)C(=O)O)C1. The number of nitrogen functional groups attached to an aromatic ring is 1. The lowest BCUT2D eigenvalue weighted by Gasteiger charge is -2.31. The van der Waals surface area contributed by atoms with Crippen LogP contribution in [0.15, 0.2) is 59.9 Å². The van der Waals surface area contributed by atoms with Crippen molar-refractivity contribution in [3.63, 3.8) is 0 Å². The largest absolute Gasteiger partial charge is 0.509 e. The molecule has 0 amide bonds. The maximum absolute atomic E-state index is 12.1. The Bertz CT molecular complexity index is 1550. The summed E-state index contributed by atoms with van der Waals surface area (Å²) in [6.45, 7) is 0. The molecule has 1 heterocycles. The third-order valence-corrected chi connectivity index (χ3v) is 6.34. The first-order chi connectivity index (χ1) is 17.6. The molecule has 7 N–H and O–H groups in total. The van der Waals surface area contributed by atoms with Gasteiger partial charge in [-0.25, -0.2) is 4.98 Å². The number of fused-ring (bicyclic) bond motifs is 1. The van der Waals surface area contributed by atoms with Crippen LogP contribution in [0.5, 0.6) is 5.75 Å². The number of aromatic nitrogens is 2. The molecule has 0 bridgehead atoms. The van der Waals surface area contributed by atoms with Gasteiger partial charge in [0.15, 0.2) is 5.41 Å². The predicted molar refractivity (Wildman–Crippen MR) is 133 cm³/mol. The van der Waals surface area contributed by atoms with E-state index in [4.69, 9.17) is 15.9 Å². The topological polar surface area (TPSA) is 206 Å². The van der Waals surface area contributed by atoms with Crippen LogP contribution in [0, 0.1) is 22.7 Å². The number of benzene rings is 2. The number of nitrogens with zero attached hydrogens (tertiary/aromatic N) is 2. The van der Waals surface area contributed by atoms with Crippen LogP contribution in [0.1, 0.15) is 29.8 Å². The number of aromatic amines is 1. The fourth-order valence-corrected chi connectivity index (χ4v) is 4.49. The lowest BCUT2D eigenvalue weighted by Crippen LogP contribution is -2.33. The molecule has 1 aliphatic carbocycles. The monoisotopic (exact) mass is 501 g/mol. The maximum Gasteiger partial charge on any atom is 0.311 e. The maximum atomic E-state index is 12.1. The summed E-state index contributed by atoms with van der Waals surface area (Å²) in [5, 5.41) is 48.9. The molecule has 3 aromatic rings. The number of nitrogens with two attached hydrogens (primary N) is 1. The van der Waals surface area contributed by atoms with Gasteiger partial charge in [-0.1, -0.05) is 23.8 Å². The number of H-pyrrole nitrogens is 1.